The van der Waals surface area contributed by atoms with Crippen LogP contribution in [0.15, 0.2) is 12.7 Å². The number of hydrogen-bond acceptors (Lipinski definition) is 9. The highest BCUT2D eigenvalue weighted by Crippen LogP contribution is 2.39. The third-order valence-electron chi connectivity index (χ3n) is 4.02. The van der Waals surface area contributed by atoms with E-state index >= 15 is 0 Å². The number of amides is 2. The molecule has 14 heteroatoms. The molecule has 2 unspecified atom stereocenters. The van der Waals surface area contributed by atoms with Crippen molar-refractivity contribution in [2.45, 2.75) is 31.5 Å². The zero-order valence-electron chi connectivity index (χ0n) is 15.1. The third kappa shape index (κ3) is 4.29. The molecule has 1 fully saturated rings. The number of anilines is 1. The summed E-state index contributed by atoms with van der Waals surface area (Å²) in [6.45, 7) is 2.81. The van der Waals surface area contributed by atoms with E-state index in [1.54, 1.807) is 6.92 Å². The van der Waals surface area contributed by atoms with Crippen molar-refractivity contribution < 1.29 is 33.7 Å². The number of nitrogens with one attached hydrogen (secondary N) is 2. The lowest BCUT2D eigenvalue weighted by Crippen LogP contribution is -2.33. The van der Waals surface area contributed by atoms with Crippen LogP contribution in [0.5, 0.6) is 0 Å². The average Bonchev–Trinajstić information content (AvgIpc) is 3.16. The van der Waals surface area contributed by atoms with Crippen LogP contribution >= 0.6 is 7.60 Å². The largest absolute Gasteiger partial charge is 0.387 e. The summed E-state index contributed by atoms with van der Waals surface area (Å²) in [5.74, 6) is 0.162. The first-order chi connectivity index (χ1) is 13.2. The van der Waals surface area contributed by atoms with Crippen molar-refractivity contribution in [1.29, 1.82) is 0 Å². The highest BCUT2D eigenvalue weighted by Gasteiger charge is 2.45. The quantitative estimate of drug-likeness (QED) is 0.382. The van der Waals surface area contributed by atoms with Crippen LogP contribution in [0.3, 0.4) is 0 Å². The van der Waals surface area contributed by atoms with Gasteiger partial charge in [-0.15, -0.1) is 0 Å². The Kier molecular flexibility index (Phi) is 5.93. The zero-order chi connectivity index (χ0) is 20.5. The molecule has 154 valence electrons. The Morgan fingerprint density at radius 2 is 2.11 bits per heavy atom. The normalized spacial score (nSPS) is 26.9. The lowest BCUT2D eigenvalue weighted by atomic mass is 10.1. The van der Waals surface area contributed by atoms with Crippen molar-refractivity contribution in [1.82, 2.24) is 24.8 Å². The molecule has 0 aliphatic carbocycles. The van der Waals surface area contributed by atoms with Gasteiger partial charge >= 0.3 is 13.6 Å². The van der Waals surface area contributed by atoms with Gasteiger partial charge in [-0.05, 0) is 6.92 Å². The molecule has 1 aliphatic rings. The van der Waals surface area contributed by atoms with Gasteiger partial charge in [-0.3, -0.25) is 14.4 Å². The molecule has 13 nitrogen and oxygen atoms in total. The van der Waals surface area contributed by atoms with Crippen LogP contribution in [0.25, 0.3) is 11.2 Å². The van der Waals surface area contributed by atoms with Crippen molar-refractivity contribution in [3.8, 4) is 0 Å². The van der Waals surface area contributed by atoms with Crippen LogP contribution in [0.4, 0.5) is 10.6 Å². The van der Waals surface area contributed by atoms with Gasteiger partial charge < -0.3 is 29.7 Å². The highest BCUT2D eigenvalue weighted by molar-refractivity contribution is 7.51. The van der Waals surface area contributed by atoms with Crippen LogP contribution in [0.2, 0.25) is 0 Å². The highest BCUT2D eigenvalue weighted by atomic mass is 31.2. The van der Waals surface area contributed by atoms with Crippen LogP contribution in [0.1, 0.15) is 13.2 Å². The SMILES string of the molecule is CCNC(=O)Nc1ncnc2c1ncn2[C@@H]1O[C@H](COP(C)(=O)O)C(O)[C@@H]1O. The van der Waals surface area contributed by atoms with Crippen LogP contribution in [-0.2, 0) is 13.8 Å². The van der Waals surface area contributed by atoms with Gasteiger partial charge in [0.05, 0.1) is 12.9 Å². The Morgan fingerprint density at radius 3 is 2.79 bits per heavy atom. The molecule has 0 aromatic carbocycles. The summed E-state index contributed by atoms with van der Waals surface area (Å²) in [7, 11) is -3.77. The average molecular weight is 416 g/mol. The fourth-order valence-corrected chi connectivity index (χ4v) is 3.17. The third-order valence-corrected chi connectivity index (χ3v) is 4.65. The summed E-state index contributed by atoms with van der Waals surface area (Å²) in [6, 6.07) is -0.463. The van der Waals surface area contributed by atoms with Crippen molar-refractivity contribution in [3.05, 3.63) is 12.7 Å². The van der Waals surface area contributed by atoms with Crippen LogP contribution in [-0.4, -0.2) is 78.8 Å². The van der Waals surface area contributed by atoms with Gasteiger partial charge in [0.2, 0.25) is 0 Å². The van der Waals surface area contributed by atoms with E-state index in [9.17, 15) is 24.5 Å². The van der Waals surface area contributed by atoms with Crippen LogP contribution < -0.4 is 10.6 Å². The van der Waals surface area contributed by atoms with Gasteiger partial charge in [-0.1, -0.05) is 0 Å². The van der Waals surface area contributed by atoms with Gasteiger partial charge in [0.25, 0.3) is 0 Å². The van der Waals surface area contributed by atoms with Crippen molar-refractivity contribution in [2.24, 2.45) is 0 Å². The van der Waals surface area contributed by atoms with E-state index in [4.69, 9.17) is 9.26 Å². The number of aromatic nitrogens is 4. The molecule has 1 aliphatic heterocycles. The summed E-state index contributed by atoms with van der Waals surface area (Å²) >= 11 is 0. The Hall–Kier alpha value is -2.15. The Labute approximate surface area is 159 Å². The predicted octanol–water partition coefficient (Wildman–Crippen LogP) is -0.581. The molecule has 5 atom stereocenters. The van der Waals surface area contributed by atoms with E-state index in [1.807, 2.05) is 0 Å². The molecular formula is C14H21N6O7P. The van der Waals surface area contributed by atoms with Crippen molar-refractivity contribution in [3.63, 3.8) is 0 Å². The molecule has 5 N–H and O–H groups in total. The van der Waals surface area contributed by atoms with Gasteiger partial charge in [0.15, 0.2) is 23.2 Å². The number of fused-ring (bicyclic) bond motifs is 1. The van der Waals surface area contributed by atoms with E-state index in [0.717, 1.165) is 6.66 Å². The van der Waals surface area contributed by atoms with Crippen LogP contribution in [0, 0.1) is 0 Å². The van der Waals surface area contributed by atoms with E-state index in [-0.39, 0.29) is 23.6 Å². The number of aliphatic hydroxyl groups is 2. The number of aliphatic hydroxyl groups excluding tert-OH is 2. The molecular weight excluding hydrogens is 395 g/mol. The predicted molar refractivity (Wildman–Crippen MR) is 95.6 cm³/mol. The molecule has 2 aromatic heterocycles. The summed E-state index contributed by atoms with van der Waals surface area (Å²) in [4.78, 5) is 33.2. The van der Waals surface area contributed by atoms with Gasteiger partial charge in [-0.2, -0.15) is 0 Å². The smallest absolute Gasteiger partial charge is 0.325 e. The Bertz CT molecular complexity index is 901. The molecule has 28 heavy (non-hydrogen) atoms. The molecule has 0 saturated carbocycles. The minimum atomic E-state index is -3.77. The summed E-state index contributed by atoms with van der Waals surface area (Å²) < 4.78 is 23.0. The van der Waals surface area contributed by atoms with E-state index in [2.05, 4.69) is 25.6 Å². The standard InChI is InChI=1S/C14H21N6O7P/c1-3-15-14(23)19-11-8-12(17-5-16-11)20(6-18-8)13-10(22)9(21)7(27-13)4-26-28(2,24)25/h5-7,9-10,13,21-22H,3-4H2,1-2H3,(H,24,25)(H2,15,16,17,19,23)/t7-,9?,10+,13-/m1/s1. The minimum absolute atomic E-state index is 0.162. The molecule has 0 spiro atoms. The topological polar surface area (TPSA) is 181 Å². The van der Waals surface area contributed by atoms with E-state index < -0.39 is 38.2 Å². The maximum Gasteiger partial charge on any atom is 0.325 e. The summed E-state index contributed by atoms with van der Waals surface area (Å²) in [5.41, 5.74) is 0.509. The van der Waals surface area contributed by atoms with Crippen molar-refractivity contribution >= 4 is 30.6 Å². The second kappa shape index (κ2) is 8.07. The fourth-order valence-electron chi connectivity index (χ4n) is 2.75. The number of carbonyl (C=O) groups is 1. The molecule has 2 aromatic rings. The summed E-state index contributed by atoms with van der Waals surface area (Å²) in [5, 5.41) is 25.6. The zero-order valence-corrected chi connectivity index (χ0v) is 16.0. The maximum atomic E-state index is 11.7. The monoisotopic (exact) mass is 416 g/mol. The number of urea groups is 1. The minimum Gasteiger partial charge on any atom is -0.387 e. The second-order valence-corrected chi connectivity index (χ2v) is 8.04. The molecule has 2 amide bonds. The first-order valence-corrected chi connectivity index (χ1v) is 10.4. The number of carbonyl (C=O) groups excluding carboxylic acids is 1. The molecule has 0 radical (unpaired) electrons. The summed E-state index contributed by atoms with van der Waals surface area (Å²) in [6.07, 6.45) is -2.30. The number of hydrogen-bond donors (Lipinski definition) is 5. The van der Waals surface area contributed by atoms with Gasteiger partial charge in [-0.25, -0.2) is 19.7 Å². The molecule has 1 saturated heterocycles. The maximum absolute atomic E-state index is 11.7. The number of imidazole rings is 1. The van der Waals surface area contributed by atoms with Gasteiger partial charge in [0.1, 0.15) is 24.6 Å². The van der Waals surface area contributed by atoms with Crippen molar-refractivity contribution in [2.75, 3.05) is 25.1 Å². The Balaban J connectivity index is 1.83. The lowest BCUT2D eigenvalue weighted by Gasteiger charge is -2.16. The first kappa shape index (κ1) is 20.6. The molecule has 0 bridgehead atoms. The molecule has 3 heterocycles. The second-order valence-electron chi connectivity index (χ2n) is 6.18. The molecule has 3 rings (SSSR count). The lowest BCUT2D eigenvalue weighted by molar-refractivity contribution is -0.0483. The van der Waals surface area contributed by atoms with E-state index in [1.165, 1.54) is 17.2 Å². The fraction of sp³-hybridized carbons (Fsp3) is 0.571. The number of ether oxygens (including phenoxy) is 1. The number of nitrogens with zero attached hydrogens (tertiary/aromatic N) is 4. The Morgan fingerprint density at radius 1 is 1.36 bits per heavy atom. The first-order valence-electron chi connectivity index (χ1n) is 8.40. The number of rotatable bonds is 6. The van der Waals surface area contributed by atoms with Gasteiger partial charge in [0, 0.05) is 13.2 Å². The van der Waals surface area contributed by atoms with E-state index in [0.29, 0.717) is 6.54 Å².